The van der Waals surface area contributed by atoms with Crippen LogP contribution in [0, 0.1) is 6.92 Å². The van der Waals surface area contributed by atoms with Crippen LogP contribution in [0.5, 0.6) is 5.75 Å². The number of allylic oxidation sites excluding steroid dienone is 2. The molecule has 0 aliphatic carbocycles. The van der Waals surface area contributed by atoms with E-state index in [9.17, 15) is 0 Å². The summed E-state index contributed by atoms with van der Waals surface area (Å²) >= 11 is 0. The predicted octanol–water partition coefficient (Wildman–Crippen LogP) is 3.93. The number of aliphatic imine (C=N–C) groups is 1. The standard InChI is InChI=1S/C8H11NO.C8H13NO/c1-3-10-8-5-4-7(2)9-6-8;1-5-7(3)8(9-4)10-6-2/h4-6H,3H2,1-2H3;5H,1,4,6H2,2-3H3/b;8-7+. The summed E-state index contributed by atoms with van der Waals surface area (Å²) in [4.78, 5) is 7.76. The summed E-state index contributed by atoms with van der Waals surface area (Å²) in [6.45, 7) is 16.0. The molecule has 4 nitrogen and oxygen atoms in total. The summed E-state index contributed by atoms with van der Waals surface area (Å²) in [5.74, 6) is 1.41. The molecule has 20 heavy (non-hydrogen) atoms. The van der Waals surface area contributed by atoms with Gasteiger partial charge in [0, 0.05) is 11.3 Å². The van der Waals surface area contributed by atoms with Crippen LogP contribution in [-0.4, -0.2) is 24.9 Å². The van der Waals surface area contributed by atoms with Crippen molar-refractivity contribution in [3.8, 4) is 5.75 Å². The quantitative estimate of drug-likeness (QED) is 0.449. The number of pyridine rings is 1. The minimum absolute atomic E-state index is 0.567. The Morgan fingerprint density at radius 1 is 1.35 bits per heavy atom. The van der Waals surface area contributed by atoms with E-state index in [0.717, 1.165) is 17.0 Å². The van der Waals surface area contributed by atoms with Crippen LogP contribution in [-0.2, 0) is 4.74 Å². The van der Waals surface area contributed by atoms with E-state index in [4.69, 9.17) is 9.47 Å². The van der Waals surface area contributed by atoms with E-state index in [1.54, 1.807) is 12.3 Å². The number of nitrogens with zero attached hydrogens (tertiary/aromatic N) is 2. The molecular weight excluding hydrogens is 252 g/mol. The summed E-state index contributed by atoms with van der Waals surface area (Å²) in [6, 6.07) is 3.86. The highest BCUT2D eigenvalue weighted by Crippen LogP contribution is 2.07. The lowest BCUT2D eigenvalue weighted by molar-refractivity contribution is 0.225. The van der Waals surface area contributed by atoms with Crippen LogP contribution in [0.3, 0.4) is 0 Å². The Hall–Kier alpha value is -2.10. The lowest BCUT2D eigenvalue weighted by Crippen LogP contribution is -1.91. The molecule has 0 N–H and O–H groups in total. The fraction of sp³-hybridized carbons (Fsp3) is 0.375. The molecule has 0 saturated carbocycles. The fourth-order valence-corrected chi connectivity index (χ4v) is 1.21. The number of rotatable bonds is 6. The second-order valence-electron chi connectivity index (χ2n) is 3.85. The first-order valence-electron chi connectivity index (χ1n) is 6.57. The van der Waals surface area contributed by atoms with E-state index in [0.29, 0.717) is 19.1 Å². The van der Waals surface area contributed by atoms with Gasteiger partial charge in [0.1, 0.15) is 5.75 Å². The summed E-state index contributed by atoms with van der Waals surface area (Å²) in [6.07, 6.45) is 3.43. The van der Waals surface area contributed by atoms with Gasteiger partial charge in [-0.05, 0) is 46.5 Å². The van der Waals surface area contributed by atoms with Gasteiger partial charge in [0.25, 0.3) is 0 Å². The highest BCUT2D eigenvalue weighted by molar-refractivity contribution is 5.30. The van der Waals surface area contributed by atoms with Crippen LogP contribution in [0.15, 0.2) is 47.4 Å². The summed E-state index contributed by atoms with van der Waals surface area (Å²) < 4.78 is 10.3. The normalized spacial score (nSPS) is 10.6. The highest BCUT2D eigenvalue weighted by atomic mass is 16.5. The maximum Gasteiger partial charge on any atom is 0.215 e. The van der Waals surface area contributed by atoms with Gasteiger partial charge in [0.2, 0.25) is 5.88 Å². The van der Waals surface area contributed by atoms with Crippen molar-refractivity contribution in [3.05, 3.63) is 48.1 Å². The molecule has 0 bridgehead atoms. The average molecular weight is 276 g/mol. The SMILES string of the molecule is C=C/C(C)=C(\N=C)OCC.CCOc1ccc(C)nc1. The third-order valence-electron chi connectivity index (χ3n) is 2.26. The Morgan fingerprint density at radius 2 is 2.05 bits per heavy atom. The second kappa shape index (κ2) is 10.8. The molecule has 0 spiro atoms. The monoisotopic (exact) mass is 276 g/mol. The Bertz CT molecular complexity index is 436. The predicted molar refractivity (Wildman–Crippen MR) is 84.2 cm³/mol. The van der Waals surface area contributed by atoms with Crippen molar-refractivity contribution in [1.82, 2.24) is 4.98 Å². The molecule has 0 unspecified atom stereocenters. The fourth-order valence-electron chi connectivity index (χ4n) is 1.21. The number of hydrogen-bond donors (Lipinski definition) is 0. The van der Waals surface area contributed by atoms with Crippen LogP contribution in [0.25, 0.3) is 0 Å². The van der Waals surface area contributed by atoms with Gasteiger partial charge in [0.05, 0.1) is 19.4 Å². The smallest absolute Gasteiger partial charge is 0.215 e. The first-order chi connectivity index (χ1) is 9.58. The molecule has 0 atom stereocenters. The summed E-state index contributed by atoms with van der Waals surface area (Å²) in [5, 5.41) is 0. The molecule has 0 aliphatic rings. The molecule has 0 aromatic carbocycles. The zero-order chi connectivity index (χ0) is 15.4. The minimum atomic E-state index is 0.567. The topological polar surface area (TPSA) is 43.7 Å². The van der Waals surface area contributed by atoms with Gasteiger partial charge in [0.15, 0.2) is 0 Å². The van der Waals surface area contributed by atoms with Crippen molar-refractivity contribution in [2.24, 2.45) is 4.99 Å². The van der Waals surface area contributed by atoms with Crippen molar-refractivity contribution < 1.29 is 9.47 Å². The number of aromatic nitrogens is 1. The number of hydrogen-bond acceptors (Lipinski definition) is 4. The third-order valence-corrected chi connectivity index (χ3v) is 2.26. The first-order valence-corrected chi connectivity index (χ1v) is 6.57. The molecular formula is C16H24N2O2. The van der Waals surface area contributed by atoms with Crippen LogP contribution in [0.4, 0.5) is 0 Å². The van der Waals surface area contributed by atoms with Crippen LogP contribution in [0.2, 0.25) is 0 Å². The van der Waals surface area contributed by atoms with E-state index < -0.39 is 0 Å². The lowest BCUT2D eigenvalue weighted by atomic mass is 10.3. The molecule has 0 radical (unpaired) electrons. The van der Waals surface area contributed by atoms with E-state index in [1.165, 1.54) is 0 Å². The molecule has 110 valence electrons. The lowest BCUT2D eigenvalue weighted by Gasteiger charge is -2.03. The minimum Gasteiger partial charge on any atom is -0.492 e. The molecule has 0 fully saturated rings. The van der Waals surface area contributed by atoms with Crippen LogP contribution < -0.4 is 4.74 Å². The van der Waals surface area contributed by atoms with Gasteiger partial charge < -0.3 is 9.47 Å². The maximum absolute atomic E-state index is 5.20. The number of aryl methyl sites for hydroxylation is 1. The maximum atomic E-state index is 5.20. The Labute approximate surface area is 121 Å². The van der Waals surface area contributed by atoms with Crippen LogP contribution >= 0.6 is 0 Å². The van der Waals surface area contributed by atoms with Gasteiger partial charge >= 0.3 is 0 Å². The molecule has 1 heterocycles. The van der Waals surface area contributed by atoms with E-state index in [-0.39, 0.29) is 0 Å². The highest BCUT2D eigenvalue weighted by Gasteiger charge is 1.94. The zero-order valence-corrected chi connectivity index (χ0v) is 12.8. The van der Waals surface area contributed by atoms with Gasteiger partial charge in [-0.1, -0.05) is 12.7 Å². The molecule has 0 amide bonds. The molecule has 1 aromatic heterocycles. The Kier molecular flexibility index (Phi) is 9.66. The van der Waals surface area contributed by atoms with E-state index in [1.807, 2.05) is 39.8 Å². The third kappa shape index (κ3) is 7.36. The zero-order valence-electron chi connectivity index (χ0n) is 12.8. The molecule has 1 aromatic rings. The molecule has 0 saturated heterocycles. The first kappa shape index (κ1) is 17.9. The molecule has 0 aliphatic heterocycles. The van der Waals surface area contributed by atoms with Crippen LogP contribution in [0.1, 0.15) is 26.5 Å². The Morgan fingerprint density at radius 3 is 2.45 bits per heavy atom. The summed E-state index contributed by atoms with van der Waals surface area (Å²) in [7, 11) is 0. The van der Waals surface area contributed by atoms with Crippen molar-refractivity contribution in [1.29, 1.82) is 0 Å². The van der Waals surface area contributed by atoms with Gasteiger partial charge in [-0.3, -0.25) is 4.98 Å². The van der Waals surface area contributed by atoms with Gasteiger partial charge in [-0.25, -0.2) is 4.99 Å². The van der Waals surface area contributed by atoms with E-state index >= 15 is 0 Å². The van der Waals surface area contributed by atoms with E-state index in [2.05, 4.69) is 23.3 Å². The second-order valence-corrected chi connectivity index (χ2v) is 3.85. The Balaban J connectivity index is 0.000000361. The van der Waals surface area contributed by atoms with Crippen molar-refractivity contribution in [2.75, 3.05) is 13.2 Å². The van der Waals surface area contributed by atoms with Crippen molar-refractivity contribution >= 4 is 6.72 Å². The molecule has 4 heteroatoms. The van der Waals surface area contributed by atoms with Crippen molar-refractivity contribution in [3.63, 3.8) is 0 Å². The van der Waals surface area contributed by atoms with Gasteiger partial charge in [-0.2, -0.15) is 0 Å². The number of ether oxygens (including phenoxy) is 2. The van der Waals surface area contributed by atoms with Crippen molar-refractivity contribution in [2.45, 2.75) is 27.7 Å². The molecule has 1 rings (SSSR count). The largest absolute Gasteiger partial charge is 0.492 e. The average Bonchev–Trinajstić information content (AvgIpc) is 2.47. The van der Waals surface area contributed by atoms with Gasteiger partial charge in [-0.15, -0.1) is 0 Å². The summed E-state index contributed by atoms with van der Waals surface area (Å²) in [5.41, 5.74) is 1.93.